The normalized spacial score (nSPS) is 33.2. The molecule has 2 aliphatic rings. The molecule has 0 aromatic rings. The molecule has 0 aromatic heterocycles. The molecule has 2 heteroatoms. The molecule has 94 valence electrons. The highest BCUT2D eigenvalue weighted by molar-refractivity contribution is 4.80. The van der Waals surface area contributed by atoms with Crippen molar-refractivity contribution < 1.29 is 0 Å². The van der Waals surface area contributed by atoms with Gasteiger partial charge in [0.05, 0.1) is 0 Å². The van der Waals surface area contributed by atoms with Gasteiger partial charge in [-0.25, -0.2) is 0 Å². The van der Waals surface area contributed by atoms with E-state index in [0.29, 0.717) is 6.04 Å². The van der Waals surface area contributed by atoms with Crippen molar-refractivity contribution in [2.75, 3.05) is 13.6 Å². The van der Waals surface area contributed by atoms with Gasteiger partial charge in [0, 0.05) is 18.6 Å². The molecule has 0 spiro atoms. The zero-order valence-corrected chi connectivity index (χ0v) is 10.8. The maximum atomic E-state index is 6.06. The van der Waals surface area contributed by atoms with Crippen LogP contribution in [0, 0.1) is 5.92 Å². The van der Waals surface area contributed by atoms with Crippen molar-refractivity contribution in [1.82, 2.24) is 4.90 Å². The molecule has 2 N–H and O–H groups in total. The molecule has 2 nitrogen and oxygen atoms in total. The van der Waals surface area contributed by atoms with Gasteiger partial charge in [-0.3, -0.25) is 0 Å². The van der Waals surface area contributed by atoms with Gasteiger partial charge in [-0.2, -0.15) is 0 Å². The fourth-order valence-corrected chi connectivity index (χ4v) is 3.58. The summed E-state index contributed by atoms with van der Waals surface area (Å²) in [6.07, 6.45) is 12.5. The van der Waals surface area contributed by atoms with Crippen molar-refractivity contribution in [2.45, 2.75) is 69.9 Å². The van der Waals surface area contributed by atoms with Crippen LogP contribution < -0.4 is 5.73 Å². The molecule has 0 amide bonds. The van der Waals surface area contributed by atoms with Gasteiger partial charge in [0.2, 0.25) is 0 Å². The van der Waals surface area contributed by atoms with Crippen LogP contribution in [-0.2, 0) is 0 Å². The van der Waals surface area contributed by atoms with E-state index in [-0.39, 0.29) is 0 Å². The zero-order valence-electron chi connectivity index (χ0n) is 10.8. The molecule has 0 aliphatic heterocycles. The van der Waals surface area contributed by atoms with E-state index in [1.54, 1.807) is 0 Å². The molecule has 2 aliphatic carbocycles. The van der Waals surface area contributed by atoms with E-state index in [2.05, 4.69) is 11.9 Å². The smallest absolute Gasteiger partial charge is 0.00923 e. The lowest BCUT2D eigenvalue weighted by Gasteiger charge is -2.36. The summed E-state index contributed by atoms with van der Waals surface area (Å²) in [5, 5.41) is 0. The molecule has 16 heavy (non-hydrogen) atoms. The summed E-state index contributed by atoms with van der Waals surface area (Å²) in [5.74, 6) is 0.871. The molecule has 0 radical (unpaired) electrons. The monoisotopic (exact) mass is 224 g/mol. The fourth-order valence-electron chi connectivity index (χ4n) is 3.58. The highest BCUT2D eigenvalue weighted by Crippen LogP contribution is 2.27. The van der Waals surface area contributed by atoms with Crippen molar-refractivity contribution in [3.63, 3.8) is 0 Å². The van der Waals surface area contributed by atoms with Gasteiger partial charge in [0.25, 0.3) is 0 Å². The predicted molar refractivity (Wildman–Crippen MR) is 69.4 cm³/mol. The first kappa shape index (κ1) is 12.4. The zero-order chi connectivity index (χ0) is 11.4. The highest BCUT2D eigenvalue weighted by atomic mass is 15.1. The molecule has 0 saturated heterocycles. The van der Waals surface area contributed by atoms with Crippen LogP contribution in [-0.4, -0.2) is 30.6 Å². The molecule has 0 bridgehead atoms. The lowest BCUT2D eigenvalue weighted by molar-refractivity contribution is 0.146. The third-order valence-electron chi connectivity index (χ3n) is 4.57. The minimum Gasteiger partial charge on any atom is -0.328 e. The summed E-state index contributed by atoms with van der Waals surface area (Å²) in [6.45, 7) is 1.29. The molecular weight excluding hydrogens is 196 g/mol. The Hall–Kier alpha value is -0.0800. The highest BCUT2D eigenvalue weighted by Gasteiger charge is 2.24. The Labute approximate surface area is 101 Å². The minimum atomic E-state index is 0.485. The maximum absolute atomic E-state index is 6.06. The molecule has 2 unspecified atom stereocenters. The summed E-state index contributed by atoms with van der Waals surface area (Å²) in [4.78, 5) is 2.63. The van der Waals surface area contributed by atoms with Crippen molar-refractivity contribution in [3.8, 4) is 0 Å². The lowest BCUT2D eigenvalue weighted by atomic mass is 9.85. The first-order chi connectivity index (χ1) is 7.75. The third kappa shape index (κ3) is 3.46. The van der Waals surface area contributed by atoms with Gasteiger partial charge in [-0.15, -0.1) is 0 Å². The Morgan fingerprint density at radius 2 is 1.75 bits per heavy atom. The number of rotatable bonds is 3. The third-order valence-corrected chi connectivity index (χ3v) is 4.57. The quantitative estimate of drug-likeness (QED) is 0.798. The summed E-state index contributed by atoms with van der Waals surface area (Å²) >= 11 is 0. The van der Waals surface area contributed by atoms with Crippen LogP contribution in [0.25, 0.3) is 0 Å². The second kappa shape index (κ2) is 6.02. The Balaban J connectivity index is 1.74. The van der Waals surface area contributed by atoms with E-state index < -0.39 is 0 Å². The molecular formula is C14H28N2. The van der Waals surface area contributed by atoms with E-state index in [9.17, 15) is 0 Å². The molecule has 2 atom stereocenters. The van der Waals surface area contributed by atoms with E-state index in [0.717, 1.165) is 12.0 Å². The van der Waals surface area contributed by atoms with E-state index in [1.807, 2.05) is 0 Å². The van der Waals surface area contributed by atoms with Crippen LogP contribution in [0.3, 0.4) is 0 Å². The van der Waals surface area contributed by atoms with Crippen LogP contribution in [0.1, 0.15) is 57.8 Å². The van der Waals surface area contributed by atoms with Crippen molar-refractivity contribution >= 4 is 0 Å². The van der Waals surface area contributed by atoms with Gasteiger partial charge in [0.1, 0.15) is 0 Å². The molecule has 0 heterocycles. The van der Waals surface area contributed by atoms with Crippen LogP contribution >= 0.6 is 0 Å². The van der Waals surface area contributed by atoms with Crippen LogP contribution in [0.5, 0.6) is 0 Å². The second-order valence-electron chi connectivity index (χ2n) is 6.02. The van der Waals surface area contributed by atoms with Crippen LogP contribution in [0.2, 0.25) is 0 Å². The van der Waals surface area contributed by atoms with Crippen molar-refractivity contribution in [3.05, 3.63) is 0 Å². The Morgan fingerprint density at radius 1 is 1.00 bits per heavy atom. The topological polar surface area (TPSA) is 29.3 Å². The Morgan fingerprint density at radius 3 is 2.44 bits per heavy atom. The van der Waals surface area contributed by atoms with Crippen LogP contribution in [0.15, 0.2) is 0 Å². The summed E-state index contributed by atoms with van der Waals surface area (Å²) in [7, 11) is 2.33. The average molecular weight is 224 g/mol. The second-order valence-corrected chi connectivity index (χ2v) is 6.02. The first-order valence-electron chi connectivity index (χ1n) is 7.21. The fraction of sp³-hybridized carbons (Fsp3) is 1.00. The molecule has 2 saturated carbocycles. The average Bonchev–Trinajstić information content (AvgIpc) is 2.30. The van der Waals surface area contributed by atoms with Crippen LogP contribution in [0.4, 0.5) is 0 Å². The summed E-state index contributed by atoms with van der Waals surface area (Å²) < 4.78 is 0. The molecule has 0 aromatic carbocycles. The van der Waals surface area contributed by atoms with Gasteiger partial charge < -0.3 is 10.6 Å². The van der Waals surface area contributed by atoms with E-state index >= 15 is 0 Å². The standard InChI is InChI=1S/C14H28N2/c1-16(14-8-3-2-4-9-14)11-12-6-5-7-13(15)10-12/h12-14H,2-11,15H2,1H3. The van der Waals surface area contributed by atoms with Gasteiger partial charge in [-0.1, -0.05) is 25.7 Å². The maximum Gasteiger partial charge on any atom is 0.00923 e. The van der Waals surface area contributed by atoms with E-state index in [1.165, 1.54) is 64.3 Å². The van der Waals surface area contributed by atoms with Crippen molar-refractivity contribution in [2.24, 2.45) is 11.7 Å². The number of hydrogen-bond donors (Lipinski definition) is 1. The molecule has 2 fully saturated rings. The SMILES string of the molecule is CN(CC1CCCC(N)C1)C1CCCCC1. The van der Waals surface area contributed by atoms with Crippen molar-refractivity contribution in [1.29, 1.82) is 0 Å². The largest absolute Gasteiger partial charge is 0.328 e. The number of nitrogens with zero attached hydrogens (tertiary/aromatic N) is 1. The van der Waals surface area contributed by atoms with Gasteiger partial charge in [-0.05, 0) is 45.1 Å². The van der Waals surface area contributed by atoms with Gasteiger partial charge >= 0.3 is 0 Å². The minimum absolute atomic E-state index is 0.485. The lowest BCUT2D eigenvalue weighted by Crippen LogP contribution is -2.39. The number of hydrogen-bond acceptors (Lipinski definition) is 2. The van der Waals surface area contributed by atoms with Gasteiger partial charge in [0.15, 0.2) is 0 Å². The Kier molecular flexibility index (Phi) is 4.66. The molecule has 2 rings (SSSR count). The van der Waals surface area contributed by atoms with E-state index in [4.69, 9.17) is 5.73 Å². The summed E-state index contributed by atoms with van der Waals surface area (Å²) in [6, 6.07) is 1.35. The summed E-state index contributed by atoms with van der Waals surface area (Å²) in [5.41, 5.74) is 6.06. The Bertz CT molecular complexity index is 199. The number of nitrogens with two attached hydrogens (primary N) is 1. The predicted octanol–water partition coefficient (Wildman–Crippen LogP) is 2.77. The first-order valence-corrected chi connectivity index (χ1v) is 7.21.